The van der Waals surface area contributed by atoms with Crippen molar-refractivity contribution in [3.8, 4) is 11.4 Å². The van der Waals surface area contributed by atoms with E-state index in [1.54, 1.807) is 12.1 Å². The van der Waals surface area contributed by atoms with Crippen molar-refractivity contribution in [2.75, 3.05) is 26.2 Å². The average molecular weight is 647 g/mol. The molecule has 47 heavy (non-hydrogen) atoms. The van der Waals surface area contributed by atoms with Crippen molar-refractivity contribution in [3.05, 3.63) is 70.9 Å². The number of aromatic nitrogens is 2. The minimum Gasteiger partial charge on any atom is -0.355 e. The van der Waals surface area contributed by atoms with Crippen LogP contribution in [0.4, 0.5) is 4.39 Å². The van der Waals surface area contributed by atoms with Crippen LogP contribution in [0.3, 0.4) is 0 Å². The Bertz CT molecular complexity index is 1610. The molecule has 0 radical (unpaired) electrons. The van der Waals surface area contributed by atoms with Gasteiger partial charge in [-0.2, -0.15) is 4.98 Å². The third-order valence-corrected chi connectivity index (χ3v) is 8.91. The molecule has 1 fully saturated rings. The molecule has 2 aliphatic heterocycles. The SMILES string of the molecule is Cc1ccccc1-c1noc(CCCC(=O)N2CC(=O)NCCCc3ccc(F)c(c3)C(=O)N3CCC[C@H]3C(=O)N[C@H](C(C)C)C2)n1. The number of amides is 4. The fourth-order valence-corrected chi connectivity index (χ4v) is 6.11. The maximum atomic E-state index is 14.8. The quantitative estimate of drug-likeness (QED) is 0.415. The van der Waals surface area contributed by atoms with Crippen LogP contribution in [0, 0.1) is 18.7 Å². The van der Waals surface area contributed by atoms with Gasteiger partial charge in [0.1, 0.15) is 11.9 Å². The van der Waals surface area contributed by atoms with Crippen LogP contribution < -0.4 is 10.6 Å². The Morgan fingerprint density at radius 3 is 2.70 bits per heavy atom. The van der Waals surface area contributed by atoms with Crippen molar-refractivity contribution in [1.29, 1.82) is 0 Å². The Balaban J connectivity index is 1.30. The van der Waals surface area contributed by atoms with E-state index in [1.807, 2.05) is 45.0 Å². The monoisotopic (exact) mass is 646 g/mol. The van der Waals surface area contributed by atoms with Crippen LogP contribution in [0.5, 0.6) is 0 Å². The molecule has 0 saturated carbocycles. The molecule has 4 amide bonds. The molecule has 1 saturated heterocycles. The first-order valence-corrected chi connectivity index (χ1v) is 16.4. The van der Waals surface area contributed by atoms with Crippen LogP contribution in [-0.2, 0) is 27.2 Å². The molecule has 250 valence electrons. The van der Waals surface area contributed by atoms with E-state index in [1.165, 1.54) is 15.9 Å². The number of rotatable bonds is 6. The summed E-state index contributed by atoms with van der Waals surface area (Å²) in [6, 6.07) is 11.0. The topological polar surface area (TPSA) is 138 Å². The lowest BCUT2D eigenvalue weighted by Gasteiger charge is -2.32. The average Bonchev–Trinajstić information content (AvgIpc) is 3.73. The number of nitrogens with zero attached hydrogens (tertiary/aromatic N) is 4. The molecule has 0 spiro atoms. The highest BCUT2D eigenvalue weighted by Gasteiger charge is 2.37. The molecule has 0 aliphatic carbocycles. The summed E-state index contributed by atoms with van der Waals surface area (Å²) in [4.78, 5) is 61.1. The summed E-state index contributed by atoms with van der Waals surface area (Å²) in [5.41, 5.74) is 2.61. The summed E-state index contributed by atoms with van der Waals surface area (Å²) in [5, 5.41) is 10.0. The number of benzene rings is 2. The van der Waals surface area contributed by atoms with Crippen molar-refractivity contribution in [2.45, 2.75) is 77.8 Å². The van der Waals surface area contributed by atoms with Gasteiger partial charge in [-0.3, -0.25) is 19.2 Å². The van der Waals surface area contributed by atoms with Gasteiger partial charge in [-0.05, 0) is 68.2 Å². The van der Waals surface area contributed by atoms with E-state index >= 15 is 0 Å². The second kappa shape index (κ2) is 15.3. The van der Waals surface area contributed by atoms with Gasteiger partial charge in [-0.1, -0.05) is 49.3 Å². The van der Waals surface area contributed by atoms with E-state index < -0.39 is 23.8 Å². The van der Waals surface area contributed by atoms with E-state index in [2.05, 4.69) is 20.8 Å². The molecule has 1 aromatic heterocycles. The first-order valence-electron chi connectivity index (χ1n) is 16.4. The van der Waals surface area contributed by atoms with Crippen molar-refractivity contribution in [2.24, 2.45) is 5.92 Å². The molecule has 3 aromatic rings. The van der Waals surface area contributed by atoms with E-state index in [-0.39, 0.29) is 48.7 Å². The molecule has 12 heteroatoms. The first-order chi connectivity index (χ1) is 22.6. The maximum Gasteiger partial charge on any atom is 0.257 e. The van der Waals surface area contributed by atoms with Gasteiger partial charge in [-0.25, -0.2) is 4.39 Å². The number of hydrogen-bond donors (Lipinski definition) is 2. The molecule has 2 N–H and O–H groups in total. The normalized spacial score (nSPS) is 19.7. The summed E-state index contributed by atoms with van der Waals surface area (Å²) in [6.45, 7) is 6.48. The highest BCUT2D eigenvalue weighted by atomic mass is 19.1. The fraction of sp³-hybridized carbons (Fsp3) is 0.486. The van der Waals surface area contributed by atoms with Gasteiger partial charge in [0.2, 0.25) is 29.4 Å². The van der Waals surface area contributed by atoms with Crippen molar-refractivity contribution in [3.63, 3.8) is 0 Å². The number of fused-ring (bicyclic) bond motifs is 3. The summed E-state index contributed by atoms with van der Waals surface area (Å²) < 4.78 is 20.2. The highest BCUT2D eigenvalue weighted by molar-refractivity contribution is 5.98. The summed E-state index contributed by atoms with van der Waals surface area (Å²) in [7, 11) is 0. The highest BCUT2D eigenvalue weighted by Crippen LogP contribution is 2.24. The minimum atomic E-state index is -0.756. The van der Waals surface area contributed by atoms with Gasteiger partial charge in [0.15, 0.2) is 0 Å². The number of aryl methyl sites for hydroxylation is 3. The van der Waals surface area contributed by atoms with Gasteiger partial charge in [0.05, 0.1) is 12.1 Å². The Morgan fingerprint density at radius 2 is 1.91 bits per heavy atom. The molecule has 2 atom stereocenters. The van der Waals surface area contributed by atoms with E-state index in [0.717, 1.165) is 16.7 Å². The van der Waals surface area contributed by atoms with Crippen LogP contribution in [0.15, 0.2) is 47.0 Å². The molecular weight excluding hydrogens is 603 g/mol. The Labute approximate surface area is 274 Å². The molecular formula is C35H43FN6O5. The molecule has 2 bridgehead atoms. The summed E-state index contributed by atoms with van der Waals surface area (Å²) in [5.74, 6) is -1.21. The largest absolute Gasteiger partial charge is 0.355 e. The van der Waals surface area contributed by atoms with Crippen LogP contribution in [0.25, 0.3) is 11.4 Å². The molecule has 3 heterocycles. The molecule has 11 nitrogen and oxygen atoms in total. The number of hydrogen-bond acceptors (Lipinski definition) is 7. The molecule has 5 rings (SSSR count). The zero-order valence-corrected chi connectivity index (χ0v) is 27.3. The second-order valence-electron chi connectivity index (χ2n) is 12.7. The van der Waals surface area contributed by atoms with Crippen LogP contribution in [-0.4, -0.2) is 81.8 Å². The number of carbonyl (C=O) groups excluding carboxylic acids is 4. The lowest BCUT2D eigenvalue weighted by atomic mass is 10.0. The molecule has 0 unspecified atom stereocenters. The standard InChI is InChI=1S/C35H43FN6O5/c1-22(2)28-20-41(32(44)14-6-13-31-39-33(40-47-31)25-11-5-4-9-23(25)3)21-30(43)37-17-7-10-24-15-16-27(36)26(19-24)35(46)42-18-8-12-29(42)34(45)38-28/h4-5,9,11,15-16,19,22,28-29H,6-8,10,12-14,17-18,20-21H2,1-3H3,(H,37,43)(H,38,45)/t28-,29-/m0/s1. The second-order valence-corrected chi connectivity index (χ2v) is 12.7. The number of nitrogens with one attached hydrogen (secondary N) is 2. The number of carbonyl (C=O) groups is 4. The van der Waals surface area contributed by atoms with Gasteiger partial charge in [0, 0.05) is 44.1 Å². The van der Waals surface area contributed by atoms with E-state index in [0.29, 0.717) is 63.3 Å². The lowest BCUT2D eigenvalue weighted by molar-refractivity contribution is -0.137. The van der Waals surface area contributed by atoms with Gasteiger partial charge in [0.25, 0.3) is 5.91 Å². The van der Waals surface area contributed by atoms with Gasteiger partial charge < -0.3 is 25.0 Å². The van der Waals surface area contributed by atoms with Crippen LogP contribution >= 0.6 is 0 Å². The number of halogens is 1. The fourth-order valence-electron chi connectivity index (χ4n) is 6.11. The predicted octanol–water partition coefficient (Wildman–Crippen LogP) is 3.84. The van der Waals surface area contributed by atoms with E-state index in [9.17, 15) is 23.6 Å². The van der Waals surface area contributed by atoms with Crippen LogP contribution in [0.2, 0.25) is 0 Å². The van der Waals surface area contributed by atoms with Gasteiger partial charge >= 0.3 is 0 Å². The zero-order chi connectivity index (χ0) is 33.5. The third-order valence-electron chi connectivity index (χ3n) is 8.91. The summed E-state index contributed by atoms with van der Waals surface area (Å²) in [6.07, 6.45) is 3.12. The van der Waals surface area contributed by atoms with Gasteiger partial charge in [-0.15, -0.1) is 0 Å². The summed E-state index contributed by atoms with van der Waals surface area (Å²) >= 11 is 0. The first kappa shape index (κ1) is 33.7. The Kier molecular flexibility index (Phi) is 11.0. The minimum absolute atomic E-state index is 0.0559. The van der Waals surface area contributed by atoms with Crippen molar-refractivity contribution in [1.82, 2.24) is 30.6 Å². The lowest BCUT2D eigenvalue weighted by Crippen LogP contribution is -2.54. The zero-order valence-electron chi connectivity index (χ0n) is 27.3. The Hall–Kier alpha value is -4.61. The Morgan fingerprint density at radius 1 is 1.11 bits per heavy atom. The smallest absolute Gasteiger partial charge is 0.257 e. The van der Waals surface area contributed by atoms with E-state index in [4.69, 9.17) is 4.52 Å². The predicted molar refractivity (Wildman–Crippen MR) is 173 cm³/mol. The molecule has 2 aliphatic rings. The van der Waals surface area contributed by atoms with Crippen molar-refractivity contribution >= 4 is 23.6 Å². The van der Waals surface area contributed by atoms with Crippen molar-refractivity contribution < 1.29 is 28.1 Å². The third kappa shape index (κ3) is 8.41. The maximum absolute atomic E-state index is 14.8. The molecule has 2 aromatic carbocycles. The van der Waals surface area contributed by atoms with Crippen LogP contribution in [0.1, 0.15) is 73.3 Å².